The van der Waals surface area contributed by atoms with Crippen LogP contribution in [0, 0.1) is 0 Å². The maximum absolute atomic E-state index is 13.4. The van der Waals surface area contributed by atoms with Crippen LogP contribution < -0.4 is 11.2 Å². The summed E-state index contributed by atoms with van der Waals surface area (Å²) in [5.41, 5.74) is -1.92. The van der Waals surface area contributed by atoms with E-state index in [2.05, 4.69) is 4.98 Å². The molecule has 2 aromatic carbocycles. The average Bonchev–Trinajstić information content (AvgIpc) is 3.12. The molecule has 2 heterocycles. The lowest BCUT2D eigenvalue weighted by atomic mass is 10.2. The van der Waals surface area contributed by atoms with Gasteiger partial charge in [-0.1, -0.05) is 22.4 Å². The van der Waals surface area contributed by atoms with E-state index in [0.717, 1.165) is 5.39 Å². The number of hydrogen-bond donors (Lipinski definition) is 3. The lowest BCUT2D eigenvalue weighted by molar-refractivity contribution is 0.162. The van der Waals surface area contributed by atoms with E-state index in [1.807, 2.05) is 10.6 Å². The summed E-state index contributed by atoms with van der Waals surface area (Å²) in [6.45, 7) is 0.515. The molecule has 0 unspecified atom stereocenters. The van der Waals surface area contributed by atoms with Crippen molar-refractivity contribution in [3.05, 3.63) is 68.5 Å². The molecule has 0 aliphatic rings. The molecule has 30 heavy (non-hydrogen) atoms. The van der Waals surface area contributed by atoms with E-state index in [0.29, 0.717) is 18.5 Å². The number of aromatic amines is 1. The summed E-state index contributed by atoms with van der Waals surface area (Å²) in [5.74, 6) is 0. The van der Waals surface area contributed by atoms with Crippen LogP contribution >= 0.6 is 11.6 Å². The number of H-pyrrole nitrogens is 1. The Morgan fingerprint density at radius 3 is 2.60 bits per heavy atom. The molecule has 0 aliphatic heterocycles. The minimum Gasteiger partial charge on any atom is -0.421 e. The number of fused-ring (bicyclic) bond motifs is 2. The Labute approximate surface area is 174 Å². The van der Waals surface area contributed by atoms with Gasteiger partial charge in [-0.2, -0.15) is 0 Å². The van der Waals surface area contributed by atoms with Crippen molar-refractivity contribution in [2.24, 2.45) is 0 Å². The van der Waals surface area contributed by atoms with Crippen molar-refractivity contribution in [2.45, 2.75) is 22.8 Å². The van der Waals surface area contributed by atoms with Gasteiger partial charge in [-0.25, -0.2) is 13.2 Å². The van der Waals surface area contributed by atoms with E-state index in [-0.39, 0.29) is 37.1 Å². The lowest BCUT2D eigenvalue weighted by Crippen LogP contribution is -2.33. The smallest absolute Gasteiger partial charge is 0.362 e. The van der Waals surface area contributed by atoms with Crippen molar-refractivity contribution in [1.82, 2.24) is 14.3 Å². The molecule has 3 N–H and O–H groups in total. The normalized spacial score (nSPS) is 12.1. The number of aromatic nitrogens is 3. The first-order valence-corrected chi connectivity index (χ1v) is 10.7. The summed E-state index contributed by atoms with van der Waals surface area (Å²) >= 11 is 6.02. The Morgan fingerprint density at radius 2 is 1.87 bits per heavy atom. The predicted molar refractivity (Wildman–Crippen MR) is 110 cm³/mol. The van der Waals surface area contributed by atoms with Gasteiger partial charge in [0.1, 0.15) is 0 Å². The highest BCUT2D eigenvalue weighted by Gasteiger charge is 2.25. The molecule has 2 aromatic heterocycles. The Bertz CT molecular complexity index is 1520. The fraction of sp³-hybridized carbons (Fsp3) is 0.158. The monoisotopic (exact) mass is 449 g/mol. The number of aliphatic hydroxyl groups is 1. The van der Waals surface area contributed by atoms with E-state index in [9.17, 15) is 23.2 Å². The van der Waals surface area contributed by atoms with E-state index in [4.69, 9.17) is 16.7 Å². The van der Waals surface area contributed by atoms with Gasteiger partial charge in [0.05, 0.1) is 25.7 Å². The van der Waals surface area contributed by atoms with Gasteiger partial charge in [-0.05, 0) is 42.1 Å². The van der Waals surface area contributed by atoms with Gasteiger partial charge in [-0.15, -0.1) is 0 Å². The number of hydrogen-bond acceptors (Lipinski definition) is 6. The Balaban J connectivity index is 1.97. The Kier molecular flexibility index (Phi) is 4.92. The van der Waals surface area contributed by atoms with Gasteiger partial charge >= 0.3 is 5.69 Å². The molecule has 156 valence electrons. The maximum Gasteiger partial charge on any atom is 0.362 e. The van der Waals surface area contributed by atoms with Gasteiger partial charge in [0.2, 0.25) is 9.84 Å². The minimum absolute atomic E-state index is 0.00414. The topological polar surface area (TPSA) is 134 Å². The molecule has 0 amide bonds. The number of aryl methyl sites for hydroxylation is 1. The molecular formula is C19H16ClN3O6S. The highest BCUT2D eigenvalue weighted by Crippen LogP contribution is 2.31. The molecule has 9 nitrogen and oxygen atoms in total. The Hall–Kier alpha value is -3.08. The first-order valence-electron chi connectivity index (χ1n) is 8.87. The number of nitrogens with one attached hydrogen (secondary N) is 1. The zero-order valence-electron chi connectivity index (χ0n) is 15.4. The van der Waals surface area contributed by atoms with Crippen LogP contribution in [0.2, 0.25) is 5.02 Å². The van der Waals surface area contributed by atoms with Crippen LogP contribution in [0.4, 0.5) is 0 Å². The van der Waals surface area contributed by atoms with E-state index < -0.39 is 21.1 Å². The fourth-order valence-corrected chi connectivity index (χ4v) is 5.04. The van der Waals surface area contributed by atoms with Crippen molar-refractivity contribution in [3.8, 4) is 0 Å². The standard InChI is InChI=1S/C19H16ClN3O6S/c20-13-4-5-15(17-16(13)18(25)23(27)19(26)21-17)30(28,29)12-3-2-11-6-8-22(7-1-9-24)14(11)10-12/h2-6,8,10,24,27H,1,7,9H2,(H,21,26). The average molecular weight is 450 g/mol. The number of sulfone groups is 1. The highest BCUT2D eigenvalue weighted by molar-refractivity contribution is 7.91. The van der Waals surface area contributed by atoms with Crippen molar-refractivity contribution in [3.63, 3.8) is 0 Å². The van der Waals surface area contributed by atoms with Gasteiger partial charge < -0.3 is 19.9 Å². The number of benzene rings is 2. The number of aliphatic hydroxyl groups excluding tert-OH is 1. The molecule has 0 saturated heterocycles. The predicted octanol–water partition coefficient (Wildman–Crippen LogP) is 1.75. The van der Waals surface area contributed by atoms with Crippen molar-refractivity contribution in [2.75, 3.05) is 6.61 Å². The third-order valence-electron chi connectivity index (χ3n) is 4.85. The van der Waals surface area contributed by atoms with Crippen molar-refractivity contribution >= 4 is 43.2 Å². The third kappa shape index (κ3) is 3.09. The quantitative estimate of drug-likeness (QED) is 0.397. The second kappa shape index (κ2) is 7.31. The summed E-state index contributed by atoms with van der Waals surface area (Å²) in [7, 11) is -4.16. The summed E-state index contributed by atoms with van der Waals surface area (Å²) in [6.07, 6.45) is 2.31. The zero-order chi connectivity index (χ0) is 21.6. The minimum atomic E-state index is -4.16. The van der Waals surface area contributed by atoms with Gasteiger partial charge in [0, 0.05) is 24.9 Å². The third-order valence-corrected chi connectivity index (χ3v) is 6.96. The summed E-state index contributed by atoms with van der Waals surface area (Å²) in [5, 5.41) is 19.0. The van der Waals surface area contributed by atoms with Crippen LogP contribution in [0.15, 0.2) is 62.0 Å². The molecular weight excluding hydrogens is 434 g/mol. The first-order chi connectivity index (χ1) is 14.3. The second-order valence-electron chi connectivity index (χ2n) is 6.65. The van der Waals surface area contributed by atoms with E-state index in [1.165, 1.54) is 24.3 Å². The molecule has 0 saturated carbocycles. The van der Waals surface area contributed by atoms with E-state index in [1.54, 1.807) is 12.3 Å². The van der Waals surface area contributed by atoms with Gasteiger partial charge in [0.25, 0.3) is 5.56 Å². The van der Waals surface area contributed by atoms with Crippen LogP contribution in [0.1, 0.15) is 6.42 Å². The summed E-state index contributed by atoms with van der Waals surface area (Å²) < 4.78 is 28.4. The van der Waals surface area contributed by atoms with Crippen LogP contribution in [0.25, 0.3) is 21.8 Å². The lowest BCUT2D eigenvalue weighted by Gasteiger charge is -2.11. The molecule has 4 rings (SSSR count). The maximum atomic E-state index is 13.4. The SMILES string of the molecule is O=c1[nH]c2c(S(=O)(=O)c3ccc4ccn(CCCO)c4c3)ccc(Cl)c2c(=O)n1O. The van der Waals surface area contributed by atoms with Crippen LogP contribution in [-0.4, -0.2) is 39.6 Å². The van der Waals surface area contributed by atoms with Crippen molar-refractivity contribution < 1.29 is 18.7 Å². The zero-order valence-corrected chi connectivity index (χ0v) is 16.9. The van der Waals surface area contributed by atoms with Gasteiger partial charge in [-0.3, -0.25) is 4.79 Å². The van der Waals surface area contributed by atoms with Gasteiger partial charge in [0.15, 0.2) is 0 Å². The Morgan fingerprint density at radius 1 is 1.10 bits per heavy atom. The van der Waals surface area contributed by atoms with E-state index >= 15 is 0 Å². The molecule has 0 fully saturated rings. The number of rotatable bonds is 5. The molecule has 0 atom stereocenters. The molecule has 4 aromatic rings. The van der Waals surface area contributed by atoms with Crippen molar-refractivity contribution in [1.29, 1.82) is 0 Å². The highest BCUT2D eigenvalue weighted by atomic mass is 35.5. The fourth-order valence-electron chi connectivity index (χ4n) is 3.37. The first kappa shape index (κ1) is 20.2. The van der Waals surface area contributed by atoms with Crippen LogP contribution in [0.3, 0.4) is 0 Å². The van der Waals surface area contributed by atoms with Crippen LogP contribution in [0.5, 0.6) is 0 Å². The number of nitrogens with zero attached hydrogens (tertiary/aromatic N) is 2. The second-order valence-corrected chi connectivity index (χ2v) is 8.98. The summed E-state index contributed by atoms with van der Waals surface area (Å²) in [6, 6.07) is 8.83. The number of halogens is 1. The molecule has 0 bridgehead atoms. The largest absolute Gasteiger partial charge is 0.421 e. The molecule has 0 spiro atoms. The molecule has 11 heteroatoms. The molecule has 0 aliphatic carbocycles. The molecule has 0 radical (unpaired) electrons. The van der Waals surface area contributed by atoms with Crippen LogP contribution in [-0.2, 0) is 16.4 Å². The summed E-state index contributed by atoms with van der Waals surface area (Å²) in [4.78, 5) is 26.0.